The highest BCUT2D eigenvalue weighted by molar-refractivity contribution is 7.95. The molecule has 0 heterocycles. The van der Waals surface area contributed by atoms with Gasteiger partial charge in [0, 0.05) is 18.1 Å². The second-order valence-corrected chi connectivity index (χ2v) is 12.7. The molecular weight excluding hydrogens is 395 g/mol. The third kappa shape index (κ3) is 4.80. The van der Waals surface area contributed by atoms with Gasteiger partial charge in [-0.1, -0.05) is 42.5 Å². The molecule has 3 rings (SSSR count). The summed E-state index contributed by atoms with van der Waals surface area (Å²) in [5, 5.41) is 7.99. The standard InChI is InChI=1S/C28H38N2P/c1-21(2)29-25-17-11-13-19-27(25)31(7,24-15-9-8-10-16-24)28-20-14-12-18-26(28)30(22(3)4)23(5)6/h8-23,29H,1-7H3/q+1. The van der Waals surface area contributed by atoms with E-state index in [0.29, 0.717) is 18.1 Å². The van der Waals surface area contributed by atoms with Crippen LogP contribution in [0.2, 0.25) is 0 Å². The lowest BCUT2D eigenvalue weighted by Gasteiger charge is -2.36. The van der Waals surface area contributed by atoms with Gasteiger partial charge in [-0.15, -0.1) is 0 Å². The largest absolute Gasteiger partial charge is 0.380 e. The van der Waals surface area contributed by atoms with Crippen molar-refractivity contribution in [2.45, 2.75) is 59.7 Å². The zero-order valence-corrected chi connectivity index (χ0v) is 21.0. The number of nitrogens with zero attached hydrogens (tertiary/aromatic N) is 1. The van der Waals surface area contributed by atoms with Crippen LogP contribution in [0.3, 0.4) is 0 Å². The molecule has 0 saturated heterocycles. The van der Waals surface area contributed by atoms with Crippen LogP contribution in [0, 0.1) is 0 Å². The molecular formula is C28H38N2P+. The maximum atomic E-state index is 3.73. The Kier molecular flexibility index (Phi) is 7.44. The number of rotatable bonds is 8. The molecule has 2 nitrogen and oxygen atoms in total. The average Bonchev–Trinajstić information content (AvgIpc) is 2.74. The van der Waals surface area contributed by atoms with E-state index in [9.17, 15) is 0 Å². The summed E-state index contributed by atoms with van der Waals surface area (Å²) < 4.78 is 0. The molecule has 0 bridgehead atoms. The van der Waals surface area contributed by atoms with Gasteiger partial charge in [-0.25, -0.2) is 0 Å². The molecule has 0 aliphatic rings. The van der Waals surface area contributed by atoms with E-state index in [0.717, 1.165) is 0 Å². The fraction of sp³-hybridized carbons (Fsp3) is 0.357. The van der Waals surface area contributed by atoms with Crippen LogP contribution in [0.1, 0.15) is 41.5 Å². The summed E-state index contributed by atoms with van der Waals surface area (Å²) >= 11 is 0. The number of hydrogen-bond acceptors (Lipinski definition) is 2. The molecule has 1 N–H and O–H groups in total. The Morgan fingerprint density at radius 2 is 1.16 bits per heavy atom. The van der Waals surface area contributed by atoms with Crippen molar-refractivity contribution < 1.29 is 0 Å². The van der Waals surface area contributed by atoms with E-state index in [1.165, 1.54) is 27.3 Å². The van der Waals surface area contributed by atoms with Crippen molar-refractivity contribution in [3.63, 3.8) is 0 Å². The highest BCUT2D eigenvalue weighted by Crippen LogP contribution is 2.55. The van der Waals surface area contributed by atoms with Gasteiger partial charge in [0.2, 0.25) is 0 Å². The lowest BCUT2D eigenvalue weighted by Crippen LogP contribution is -2.42. The average molecular weight is 434 g/mol. The Balaban J connectivity index is 2.35. The molecule has 0 aliphatic heterocycles. The number of anilines is 2. The lowest BCUT2D eigenvalue weighted by molar-refractivity contribution is 0.609. The van der Waals surface area contributed by atoms with Crippen LogP contribution < -0.4 is 26.1 Å². The van der Waals surface area contributed by atoms with Crippen molar-refractivity contribution in [1.29, 1.82) is 0 Å². The number of nitrogens with one attached hydrogen (secondary N) is 1. The Labute approximate surface area is 190 Å². The summed E-state index contributed by atoms with van der Waals surface area (Å²) in [5.41, 5.74) is 2.60. The first-order valence-corrected chi connectivity index (χ1v) is 13.7. The predicted octanol–water partition coefficient (Wildman–Crippen LogP) is 6.05. The third-order valence-electron chi connectivity index (χ3n) is 5.86. The molecule has 0 amide bonds. The van der Waals surface area contributed by atoms with E-state index in [-0.39, 0.29) is 0 Å². The van der Waals surface area contributed by atoms with Crippen LogP contribution >= 0.6 is 7.26 Å². The van der Waals surface area contributed by atoms with E-state index in [1.807, 2.05) is 0 Å². The number of benzene rings is 3. The van der Waals surface area contributed by atoms with Gasteiger partial charge in [-0.05, 0) is 77.9 Å². The van der Waals surface area contributed by atoms with Crippen LogP contribution in [0.25, 0.3) is 0 Å². The lowest BCUT2D eigenvalue weighted by atomic mass is 10.2. The minimum Gasteiger partial charge on any atom is -0.380 e. The topological polar surface area (TPSA) is 15.3 Å². The van der Waals surface area contributed by atoms with E-state index in [1.54, 1.807) is 0 Å². The molecule has 3 aromatic rings. The van der Waals surface area contributed by atoms with E-state index in [4.69, 9.17) is 0 Å². The summed E-state index contributed by atoms with van der Waals surface area (Å²) in [6.07, 6.45) is 0. The van der Waals surface area contributed by atoms with Crippen molar-refractivity contribution in [3.8, 4) is 0 Å². The number of para-hydroxylation sites is 2. The minimum atomic E-state index is -1.90. The first-order chi connectivity index (χ1) is 14.8. The third-order valence-corrected chi connectivity index (χ3v) is 9.88. The van der Waals surface area contributed by atoms with Crippen LogP contribution in [0.4, 0.5) is 11.4 Å². The van der Waals surface area contributed by atoms with E-state index < -0.39 is 7.26 Å². The smallest absolute Gasteiger partial charge is 0.127 e. The second-order valence-electron chi connectivity index (χ2n) is 9.24. The first-order valence-electron chi connectivity index (χ1n) is 11.4. The molecule has 0 fully saturated rings. The molecule has 3 aromatic carbocycles. The van der Waals surface area contributed by atoms with E-state index >= 15 is 0 Å². The van der Waals surface area contributed by atoms with Crippen LogP contribution in [-0.2, 0) is 0 Å². The fourth-order valence-electron chi connectivity index (χ4n) is 4.64. The SMILES string of the molecule is CC(C)Nc1ccccc1[P+](C)(c1ccccc1)c1ccccc1N(C(C)C)C(C)C. The Bertz CT molecular complexity index is 973. The fourth-order valence-corrected chi connectivity index (χ4v) is 8.27. The molecule has 0 spiro atoms. The van der Waals surface area contributed by atoms with E-state index in [2.05, 4.69) is 137 Å². The maximum Gasteiger partial charge on any atom is 0.127 e. The molecule has 0 saturated carbocycles. The van der Waals surface area contributed by atoms with Crippen molar-refractivity contribution in [3.05, 3.63) is 78.9 Å². The van der Waals surface area contributed by atoms with Gasteiger partial charge in [0.15, 0.2) is 0 Å². The molecule has 0 aromatic heterocycles. The van der Waals surface area contributed by atoms with Gasteiger partial charge in [0.05, 0.1) is 18.0 Å². The minimum absolute atomic E-state index is 0.378. The number of hydrogen-bond donors (Lipinski definition) is 1. The monoisotopic (exact) mass is 433 g/mol. The zero-order valence-electron chi connectivity index (χ0n) is 20.1. The normalized spacial score (nSPS) is 13.5. The summed E-state index contributed by atoms with van der Waals surface area (Å²) in [6, 6.07) is 30.3. The highest BCUT2D eigenvalue weighted by Gasteiger charge is 2.45. The summed E-state index contributed by atoms with van der Waals surface area (Å²) in [4.78, 5) is 2.56. The van der Waals surface area contributed by atoms with Gasteiger partial charge in [0.25, 0.3) is 0 Å². The molecule has 164 valence electrons. The first kappa shape index (κ1) is 23.4. The molecule has 3 heteroatoms. The van der Waals surface area contributed by atoms with Crippen LogP contribution in [0.5, 0.6) is 0 Å². The van der Waals surface area contributed by atoms with Crippen molar-refractivity contribution >= 4 is 34.6 Å². The molecule has 31 heavy (non-hydrogen) atoms. The second kappa shape index (κ2) is 9.88. The van der Waals surface area contributed by atoms with Crippen molar-refractivity contribution in [2.24, 2.45) is 0 Å². The van der Waals surface area contributed by atoms with Crippen LogP contribution in [0.15, 0.2) is 78.9 Å². The van der Waals surface area contributed by atoms with Gasteiger partial charge in [-0.3, -0.25) is 0 Å². The van der Waals surface area contributed by atoms with Gasteiger partial charge < -0.3 is 10.2 Å². The molecule has 1 atom stereocenters. The molecule has 1 unspecified atom stereocenters. The maximum absolute atomic E-state index is 3.73. The van der Waals surface area contributed by atoms with Gasteiger partial charge in [0.1, 0.15) is 23.2 Å². The van der Waals surface area contributed by atoms with Crippen LogP contribution in [-0.4, -0.2) is 24.8 Å². The quantitative estimate of drug-likeness (QED) is 0.435. The van der Waals surface area contributed by atoms with Gasteiger partial charge >= 0.3 is 0 Å². The molecule has 0 aliphatic carbocycles. The zero-order chi connectivity index (χ0) is 22.6. The highest BCUT2D eigenvalue weighted by atomic mass is 31.2. The summed E-state index contributed by atoms with van der Waals surface area (Å²) in [7, 11) is -1.90. The van der Waals surface area contributed by atoms with Crippen molar-refractivity contribution in [2.75, 3.05) is 16.9 Å². The molecule has 0 radical (unpaired) electrons. The predicted molar refractivity (Wildman–Crippen MR) is 143 cm³/mol. The Morgan fingerprint density at radius 3 is 1.74 bits per heavy atom. The summed E-state index contributed by atoms with van der Waals surface area (Å²) in [6.45, 7) is 16.1. The summed E-state index contributed by atoms with van der Waals surface area (Å²) in [5.74, 6) is 0. The Morgan fingerprint density at radius 1 is 0.645 bits per heavy atom. The Hall–Kier alpha value is -2.31. The van der Waals surface area contributed by atoms with Gasteiger partial charge in [-0.2, -0.15) is 0 Å². The van der Waals surface area contributed by atoms with Crippen molar-refractivity contribution in [1.82, 2.24) is 0 Å².